The highest BCUT2D eigenvalue weighted by Crippen LogP contribution is 2.51. The van der Waals surface area contributed by atoms with Gasteiger partial charge in [0.15, 0.2) is 5.54 Å². The van der Waals surface area contributed by atoms with Gasteiger partial charge in [-0.1, -0.05) is 12.1 Å². The number of nitrogens with zero attached hydrogens (tertiary/aromatic N) is 4. The second-order valence-corrected chi connectivity index (χ2v) is 8.02. The molecule has 1 atom stereocenters. The molecule has 5 heterocycles. The van der Waals surface area contributed by atoms with Crippen LogP contribution in [-0.2, 0) is 10.3 Å². The number of fused-ring (bicyclic) bond motifs is 4. The van der Waals surface area contributed by atoms with Gasteiger partial charge in [0, 0.05) is 46.5 Å². The molecule has 2 N–H and O–H groups in total. The third kappa shape index (κ3) is 3.02. The fraction of sp³-hybridized carbons (Fsp3) is 0.120. The van der Waals surface area contributed by atoms with Crippen LogP contribution in [0.4, 0.5) is 4.39 Å². The fourth-order valence-corrected chi connectivity index (χ4v) is 4.29. The van der Waals surface area contributed by atoms with Gasteiger partial charge in [0.25, 0.3) is 6.02 Å². The standard InChI is InChI=1S/C25H18FN5O2/c1-14-4-5-16(11-29-14)17-10-20-23(30-12-17)33-21-7-6-15(18-3-2-8-28-22(18)26)9-19(21)25(20)13-32-24(27)31-25/h2-12H,13H2,1H3,(H2,27,31)/t25-/m0/s1. The van der Waals surface area contributed by atoms with Crippen LogP contribution in [0.15, 0.2) is 72.1 Å². The number of rotatable bonds is 2. The molecule has 162 valence electrons. The van der Waals surface area contributed by atoms with Gasteiger partial charge < -0.3 is 15.2 Å². The van der Waals surface area contributed by atoms with Gasteiger partial charge in [-0.05, 0) is 48.9 Å². The summed E-state index contributed by atoms with van der Waals surface area (Å²) in [7, 11) is 0. The molecule has 7 nitrogen and oxygen atoms in total. The lowest BCUT2D eigenvalue weighted by Crippen LogP contribution is -2.31. The molecule has 0 bridgehead atoms. The van der Waals surface area contributed by atoms with Crippen molar-refractivity contribution in [2.24, 2.45) is 10.7 Å². The molecule has 6 rings (SSSR count). The van der Waals surface area contributed by atoms with E-state index >= 15 is 0 Å². The Hall–Kier alpha value is -4.33. The molecule has 0 radical (unpaired) electrons. The van der Waals surface area contributed by atoms with Crippen LogP contribution in [0.2, 0.25) is 0 Å². The molecule has 3 aromatic heterocycles. The minimum Gasteiger partial charge on any atom is -0.462 e. The van der Waals surface area contributed by atoms with Crippen molar-refractivity contribution in [1.29, 1.82) is 0 Å². The molecule has 2 aliphatic rings. The molecule has 0 fully saturated rings. The van der Waals surface area contributed by atoms with Crippen LogP contribution in [0.1, 0.15) is 16.8 Å². The summed E-state index contributed by atoms with van der Waals surface area (Å²) in [6, 6.07) is 14.8. The van der Waals surface area contributed by atoms with Crippen LogP contribution in [-0.4, -0.2) is 27.6 Å². The number of ether oxygens (including phenoxy) is 2. The van der Waals surface area contributed by atoms with Gasteiger partial charge in [-0.3, -0.25) is 4.98 Å². The normalized spacial score (nSPS) is 18.2. The summed E-state index contributed by atoms with van der Waals surface area (Å²) in [4.78, 5) is 17.4. The number of hydrogen-bond donors (Lipinski definition) is 1. The smallest absolute Gasteiger partial charge is 0.283 e. The summed E-state index contributed by atoms with van der Waals surface area (Å²) in [6.45, 7) is 2.11. The molecule has 2 aliphatic heterocycles. The quantitative estimate of drug-likeness (QED) is 0.467. The van der Waals surface area contributed by atoms with E-state index in [0.717, 1.165) is 27.9 Å². The van der Waals surface area contributed by atoms with Crippen molar-refractivity contribution in [1.82, 2.24) is 15.0 Å². The number of halogens is 1. The molecule has 0 amide bonds. The summed E-state index contributed by atoms with van der Waals surface area (Å²) in [5, 5.41) is 0. The van der Waals surface area contributed by atoms with E-state index in [1.54, 1.807) is 36.7 Å². The first kappa shape index (κ1) is 19.4. The molecule has 0 saturated carbocycles. The van der Waals surface area contributed by atoms with Crippen LogP contribution in [0.3, 0.4) is 0 Å². The summed E-state index contributed by atoms with van der Waals surface area (Å²) >= 11 is 0. The molecule has 33 heavy (non-hydrogen) atoms. The second kappa shape index (κ2) is 7.09. The van der Waals surface area contributed by atoms with Gasteiger partial charge >= 0.3 is 0 Å². The van der Waals surface area contributed by atoms with E-state index in [-0.39, 0.29) is 12.6 Å². The van der Waals surface area contributed by atoms with Crippen molar-refractivity contribution < 1.29 is 13.9 Å². The number of aryl methyl sites for hydroxylation is 1. The SMILES string of the molecule is Cc1ccc(-c2cnc3c(c2)[C@]2(COC(N)=N2)c2cc(-c4cccnc4F)ccc2O3)cn1. The monoisotopic (exact) mass is 439 g/mol. The number of nitrogens with two attached hydrogens (primary N) is 1. The van der Waals surface area contributed by atoms with Crippen LogP contribution >= 0.6 is 0 Å². The highest BCUT2D eigenvalue weighted by Gasteiger charge is 2.48. The number of benzene rings is 1. The van der Waals surface area contributed by atoms with E-state index in [1.165, 1.54) is 6.20 Å². The zero-order valence-electron chi connectivity index (χ0n) is 17.6. The Morgan fingerprint density at radius 3 is 2.52 bits per heavy atom. The minimum absolute atomic E-state index is 0.0779. The van der Waals surface area contributed by atoms with Crippen molar-refractivity contribution in [3.8, 4) is 33.9 Å². The Bertz CT molecular complexity index is 1440. The van der Waals surface area contributed by atoms with E-state index in [9.17, 15) is 4.39 Å². The third-order valence-electron chi connectivity index (χ3n) is 5.97. The van der Waals surface area contributed by atoms with Crippen LogP contribution in [0.5, 0.6) is 11.6 Å². The summed E-state index contributed by atoms with van der Waals surface area (Å²) in [6.07, 6.45) is 4.96. The first-order valence-corrected chi connectivity index (χ1v) is 10.4. The lowest BCUT2D eigenvalue weighted by atomic mass is 9.80. The largest absolute Gasteiger partial charge is 0.462 e. The summed E-state index contributed by atoms with van der Waals surface area (Å²) < 4.78 is 26.2. The maximum absolute atomic E-state index is 14.4. The first-order valence-electron chi connectivity index (χ1n) is 10.4. The molecule has 0 unspecified atom stereocenters. The lowest BCUT2D eigenvalue weighted by molar-refractivity contribution is 0.262. The Balaban J connectivity index is 1.55. The highest BCUT2D eigenvalue weighted by molar-refractivity contribution is 5.78. The van der Waals surface area contributed by atoms with E-state index in [1.807, 2.05) is 31.2 Å². The molecular weight excluding hydrogens is 421 g/mol. The molecule has 1 spiro atoms. The first-order chi connectivity index (χ1) is 16.0. The molecular formula is C25H18FN5O2. The zero-order chi connectivity index (χ0) is 22.6. The average molecular weight is 439 g/mol. The van der Waals surface area contributed by atoms with Gasteiger partial charge in [0.2, 0.25) is 11.8 Å². The molecule has 0 saturated heterocycles. The van der Waals surface area contributed by atoms with Gasteiger partial charge in [0.1, 0.15) is 12.4 Å². The maximum atomic E-state index is 14.4. The predicted molar refractivity (Wildman–Crippen MR) is 120 cm³/mol. The van der Waals surface area contributed by atoms with Crippen LogP contribution < -0.4 is 10.5 Å². The zero-order valence-corrected chi connectivity index (χ0v) is 17.6. The topological polar surface area (TPSA) is 95.5 Å². The van der Waals surface area contributed by atoms with Gasteiger partial charge in [-0.15, -0.1) is 0 Å². The average Bonchev–Trinajstić information content (AvgIpc) is 3.22. The van der Waals surface area contributed by atoms with Gasteiger partial charge in [0.05, 0.1) is 5.56 Å². The Kier molecular flexibility index (Phi) is 4.16. The minimum atomic E-state index is -0.969. The molecule has 4 aromatic rings. The van der Waals surface area contributed by atoms with Gasteiger partial charge in [-0.2, -0.15) is 4.39 Å². The van der Waals surface area contributed by atoms with E-state index in [2.05, 4.69) is 15.0 Å². The van der Waals surface area contributed by atoms with Gasteiger partial charge in [-0.25, -0.2) is 15.0 Å². The second-order valence-electron chi connectivity index (χ2n) is 8.02. The number of pyridine rings is 3. The summed E-state index contributed by atoms with van der Waals surface area (Å²) in [5.41, 5.74) is 10.2. The molecule has 0 aliphatic carbocycles. The van der Waals surface area contributed by atoms with E-state index in [0.29, 0.717) is 22.8 Å². The fourth-order valence-electron chi connectivity index (χ4n) is 4.29. The van der Waals surface area contributed by atoms with Crippen molar-refractivity contribution in [3.63, 3.8) is 0 Å². The Labute approximate surface area is 188 Å². The van der Waals surface area contributed by atoms with Crippen molar-refractivity contribution in [2.75, 3.05) is 6.61 Å². The van der Waals surface area contributed by atoms with Crippen molar-refractivity contribution >= 4 is 6.02 Å². The van der Waals surface area contributed by atoms with Crippen LogP contribution in [0.25, 0.3) is 22.3 Å². The molecule has 8 heteroatoms. The lowest BCUT2D eigenvalue weighted by Gasteiger charge is -2.33. The van der Waals surface area contributed by atoms with E-state index < -0.39 is 11.5 Å². The Morgan fingerprint density at radius 2 is 1.76 bits per heavy atom. The predicted octanol–water partition coefficient (Wildman–Crippen LogP) is 4.35. The third-order valence-corrected chi connectivity index (χ3v) is 5.97. The highest BCUT2D eigenvalue weighted by atomic mass is 19.1. The number of hydrogen-bond acceptors (Lipinski definition) is 7. The maximum Gasteiger partial charge on any atom is 0.283 e. The molecule has 1 aromatic carbocycles. The van der Waals surface area contributed by atoms with Crippen molar-refractivity contribution in [2.45, 2.75) is 12.5 Å². The van der Waals surface area contributed by atoms with E-state index in [4.69, 9.17) is 20.2 Å². The number of amidine groups is 1. The number of aliphatic imine (C=N–C) groups is 1. The van der Waals surface area contributed by atoms with Crippen LogP contribution in [0, 0.1) is 12.9 Å². The Morgan fingerprint density at radius 1 is 0.939 bits per heavy atom. The number of aromatic nitrogens is 3. The summed E-state index contributed by atoms with van der Waals surface area (Å²) in [5.74, 6) is 0.439. The van der Waals surface area contributed by atoms with Crippen molar-refractivity contribution in [3.05, 3.63) is 89.9 Å².